The Labute approximate surface area is 128 Å². The summed E-state index contributed by atoms with van der Waals surface area (Å²) in [5, 5.41) is 3.79. The van der Waals surface area contributed by atoms with Crippen LogP contribution in [0, 0.1) is 0 Å². The fourth-order valence-corrected chi connectivity index (χ4v) is 2.43. The summed E-state index contributed by atoms with van der Waals surface area (Å²) in [7, 11) is 1.89. The van der Waals surface area contributed by atoms with Gasteiger partial charge in [0, 0.05) is 11.1 Å². The lowest BCUT2D eigenvalue weighted by molar-refractivity contribution is 0.103. The molecule has 0 amide bonds. The zero-order valence-corrected chi connectivity index (χ0v) is 12.6. The Kier molecular flexibility index (Phi) is 5.18. The van der Waals surface area contributed by atoms with Crippen LogP contribution in [0.1, 0.15) is 21.5 Å². The number of nitrogens with one attached hydrogen (secondary N) is 1. The molecule has 0 saturated carbocycles. The second-order valence-corrected chi connectivity index (χ2v) is 5.23. The number of hydrogen-bond acceptors (Lipinski definition) is 2. The van der Waals surface area contributed by atoms with Crippen molar-refractivity contribution < 1.29 is 4.79 Å². The maximum absolute atomic E-state index is 12.6. The molecule has 0 fully saturated rings. The molecule has 0 aromatic heterocycles. The van der Waals surface area contributed by atoms with Crippen molar-refractivity contribution in [2.24, 2.45) is 0 Å². The van der Waals surface area contributed by atoms with Gasteiger partial charge in [-0.1, -0.05) is 53.5 Å². The lowest BCUT2D eigenvalue weighted by Gasteiger charge is -2.10. The molecular formula is C16H15Cl2NO. The van der Waals surface area contributed by atoms with Crippen LogP contribution >= 0.6 is 23.2 Å². The normalized spacial score (nSPS) is 10.6. The van der Waals surface area contributed by atoms with Gasteiger partial charge in [-0.2, -0.15) is 0 Å². The predicted molar refractivity (Wildman–Crippen MR) is 84.0 cm³/mol. The van der Waals surface area contributed by atoms with Crippen molar-refractivity contribution in [2.75, 3.05) is 13.6 Å². The number of hydrogen-bond donors (Lipinski definition) is 1. The number of rotatable bonds is 5. The Morgan fingerprint density at radius 2 is 1.75 bits per heavy atom. The molecule has 4 heteroatoms. The first-order valence-electron chi connectivity index (χ1n) is 6.36. The minimum Gasteiger partial charge on any atom is -0.319 e. The Hall–Kier alpha value is -1.35. The van der Waals surface area contributed by atoms with Crippen molar-refractivity contribution >= 4 is 29.0 Å². The third-order valence-corrected chi connectivity index (χ3v) is 3.92. The first-order valence-corrected chi connectivity index (χ1v) is 7.12. The van der Waals surface area contributed by atoms with Gasteiger partial charge in [-0.15, -0.1) is 0 Å². The van der Waals surface area contributed by atoms with E-state index < -0.39 is 0 Å². The summed E-state index contributed by atoms with van der Waals surface area (Å²) in [6.07, 6.45) is 0.788. The van der Waals surface area contributed by atoms with Gasteiger partial charge in [0.2, 0.25) is 0 Å². The second-order valence-electron chi connectivity index (χ2n) is 4.44. The van der Waals surface area contributed by atoms with Gasteiger partial charge in [0.1, 0.15) is 0 Å². The highest BCUT2D eigenvalue weighted by Crippen LogP contribution is 2.28. The van der Waals surface area contributed by atoms with Crippen molar-refractivity contribution in [3.05, 3.63) is 69.2 Å². The smallest absolute Gasteiger partial charge is 0.194 e. The standard InChI is InChI=1S/C16H15Cl2NO/c1-19-10-9-11-5-2-3-6-12(11)16(20)13-7-4-8-14(17)15(13)18/h2-8,19H,9-10H2,1H3. The molecule has 2 rings (SSSR count). The van der Waals surface area contributed by atoms with Gasteiger partial charge >= 0.3 is 0 Å². The van der Waals surface area contributed by atoms with E-state index >= 15 is 0 Å². The van der Waals surface area contributed by atoms with Crippen LogP contribution in [-0.4, -0.2) is 19.4 Å². The van der Waals surface area contributed by atoms with Crippen LogP contribution in [0.5, 0.6) is 0 Å². The molecule has 104 valence electrons. The molecule has 0 atom stereocenters. The van der Waals surface area contributed by atoms with Crippen molar-refractivity contribution in [3.63, 3.8) is 0 Å². The summed E-state index contributed by atoms with van der Waals surface area (Å²) in [5.41, 5.74) is 2.12. The van der Waals surface area contributed by atoms with Crippen molar-refractivity contribution in [3.8, 4) is 0 Å². The van der Waals surface area contributed by atoms with Crippen molar-refractivity contribution in [1.29, 1.82) is 0 Å². The highest BCUT2D eigenvalue weighted by atomic mass is 35.5. The lowest BCUT2D eigenvalue weighted by atomic mass is 9.96. The maximum Gasteiger partial charge on any atom is 0.194 e. The number of halogens is 2. The molecule has 0 heterocycles. The van der Waals surface area contributed by atoms with Gasteiger partial charge in [0.05, 0.1) is 10.0 Å². The summed E-state index contributed by atoms with van der Waals surface area (Å²) in [6, 6.07) is 12.7. The average molecular weight is 308 g/mol. The van der Waals surface area contributed by atoms with E-state index in [1.54, 1.807) is 18.2 Å². The number of carbonyl (C=O) groups is 1. The zero-order valence-electron chi connectivity index (χ0n) is 11.1. The van der Waals surface area contributed by atoms with E-state index in [-0.39, 0.29) is 5.78 Å². The molecule has 2 aromatic carbocycles. The molecule has 0 spiro atoms. The van der Waals surface area contributed by atoms with Crippen LogP contribution in [0.15, 0.2) is 42.5 Å². The average Bonchev–Trinajstić information content (AvgIpc) is 2.47. The summed E-state index contributed by atoms with van der Waals surface area (Å²) in [4.78, 5) is 12.6. The van der Waals surface area contributed by atoms with Crippen LogP contribution in [0.3, 0.4) is 0 Å². The Bertz CT molecular complexity index is 626. The van der Waals surface area contributed by atoms with Crippen LogP contribution < -0.4 is 5.32 Å². The fourth-order valence-electron chi connectivity index (χ4n) is 2.04. The summed E-state index contributed by atoms with van der Waals surface area (Å²) < 4.78 is 0. The summed E-state index contributed by atoms with van der Waals surface area (Å²) in [6.45, 7) is 0.813. The first-order chi connectivity index (χ1) is 9.65. The van der Waals surface area contributed by atoms with Crippen LogP contribution in [0.25, 0.3) is 0 Å². The number of benzene rings is 2. The minimum atomic E-state index is -0.0933. The summed E-state index contributed by atoms with van der Waals surface area (Å²) in [5.74, 6) is -0.0933. The predicted octanol–water partition coefficient (Wildman–Crippen LogP) is 3.99. The van der Waals surface area contributed by atoms with E-state index in [0.717, 1.165) is 18.5 Å². The van der Waals surface area contributed by atoms with Crippen LogP contribution in [-0.2, 0) is 6.42 Å². The molecule has 20 heavy (non-hydrogen) atoms. The number of carbonyl (C=O) groups excluding carboxylic acids is 1. The van der Waals surface area contributed by atoms with E-state index in [0.29, 0.717) is 21.2 Å². The van der Waals surface area contributed by atoms with Gasteiger partial charge in [-0.05, 0) is 37.7 Å². The van der Waals surface area contributed by atoms with E-state index in [1.807, 2.05) is 31.3 Å². The number of ketones is 1. The Balaban J connectivity index is 2.40. The highest BCUT2D eigenvalue weighted by molar-refractivity contribution is 6.44. The largest absolute Gasteiger partial charge is 0.319 e. The molecular weight excluding hydrogens is 293 g/mol. The lowest BCUT2D eigenvalue weighted by Crippen LogP contribution is -2.13. The monoisotopic (exact) mass is 307 g/mol. The first kappa shape index (κ1) is 15.0. The van der Waals surface area contributed by atoms with Crippen LogP contribution in [0.2, 0.25) is 10.0 Å². The second kappa shape index (κ2) is 6.89. The summed E-state index contributed by atoms with van der Waals surface area (Å²) >= 11 is 12.1. The molecule has 0 saturated heterocycles. The van der Waals surface area contributed by atoms with E-state index in [4.69, 9.17) is 23.2 Å². The van der Waals surface area contributed by atoms with Gasteiger partial charge in [-0.25, -0.2) is 0 Å². The third kappa shape index (κ3) is 3.21. The van der Waals surface area contributed by atoms with E-state index in [9.17, 15) is 4.79 Å². The van der Waals surface area contributed by atoms with Gasteiger partial charge in [-0.3, -0.25) is 4.79 Å². The van der Waals surface area contributed by atoms with E-state index in [1.165, 1.54) is 0 Å². The van der Waals surface area contributed by atoms with Gasteiger partial charge in [0.15, 0.2) is 5.78 Å². The fraction of sp³-hybridized carbons (Fsp3) is 0.188. The minimum absolute atomic E-state index is 0.0933. The van der Waals surface area contributed by atoms with E-state index in [2.05, 4.69) is 5.32 Å². The number of likely N-dealkylation sites (N-methyl/N-ethyl adjacent to an activating group) is 1. The van der Waals surface area contributed by atoms with Crippen molar-refractivity contribution in [1.82, 2.24) is 5.32 Å². The zero-order chi connectivity index (χ0) is 14.5. The van der Waals surface area contributed by atoms with Crippen LogP contribution in [0.4, 0.5) is 0 Å². The molecule has 1 N–H and O–H groups in total. The van der Waals surface area contributed by atoms with Gasteiger partial charge in [0.25, 0.3) is 0 Å². The third-order valence-electron chi connectivity index (χ3n) is 3.10. The molecule has 0 aliphatic carbocycles. The Morgan fingerprint density at radius 1 is 1.05 bits per heavy atom. The quantitative estimate of drug-likeness (QED) is 0.846. The topological polar surface area (TPSA) is 29.1 Å². The molecule has 0 unspecified atom stereocenters. The molecule has 0 radical (unpaired) electrons. The van der Waals surface area contributed by atoms with Crippen molar-refractivity contribution in [2.45, 2.75) is 6.42 Å². The molecule has 2 aromatic rings. The SMILES string of the molecule is CNCCc1ccccc1C(=O)c1cccc(Cl)c1Cl. The maximum atomic E-state index is 12.6. The molecule has 0 bridgehead atoms. The van der Waals surface area contributed by atoms with Gasteiger partial charge < -0.3 is 5.32 Å². The molecule has 0 aliphatic rings. The highest BCUT2D eigenvalue weighted by Gasteiger charge is 2.17. The Morgan fingerprint density at radius 3 is 2.50 bits per heavy atom. The molecule has 0 aliphatic heterocycles. The molecule has 2 nitrogen and oxygen atoms in total.